The Hall–Kier alpha value is -1.43. The van der Waals surface area contributed by atoms with E-state index in [1.54, 1.807) is 0 Å². The van der Waals surface area contributed by atoms with Gasteiger partial charge in [-0.1, -0.05) is 20.8 Å². The third kappa shape index (κ3) is 3.56. The number of carbonyl (C=O) groups is 1. The van der Waals surface area contributed by atoms with Gasteiger partial charge >= 0.3 is 0 Å². The van der Waals surface area contributed by atoms with Crippen molar-refractivity contribution in [3.05, 3.63) is 11.6 Å². The van der Waals surface area contributed by atoms with E-state index < -0.39 is 0 Å². The number of aromatic amines is 1. The van der Waals surface area contributed by atoms with Crippen LogP contribution in [0.5, 0.6) is 0 Å². The van der Waals surface area contributed by atoms with E-state index in [0.717, 1.165) is 18.7 Å². The maximum absolute atomic E-state index is 12.2. The Labute approximate surface area is 119 Å². The first-order valence-electron chi connectivity index (χ1n) is 7.05. The van der Waals surface area contributed by atoms with Crippen molar-refractivity contribution in [2.75, 3.05) is 6.61 Å². The van der Waals surface area contributed by atoms with Gasteiger partial charge in [-0.15, -0.1) is 5.10 Å². The summed E-state index contributed by atoms with van der Waals surface area (Å²) >= 11 is 0. The van der Waals surface area contributed by atoms with Crippen LogP contribution in [0.4, 0.5) is 0 Å². The van der Waals surface area contributed by atoms with Gasteiger partial charge in [-0.2, -0.15) is 0 Å². The van der Waals surface area contributed by atoms with E-state index >= 15 is 0 Å². The molecule has 0 aromatic carbocycles. The Morgan fingerprint density at radius 3 is 2.70 bits per heavy atom. The SMILES string of the molecule is CC1(C)CC(NC(=O)c2n[nH]c(C(C)(C)C)n2)CCO1. The Balaban J connectivity index is 2.00. The van der Waals surface area contributed by atoms with Crippen molar-refractivity contribution >= 4 is 5.91 Å². The molecule has 1 amide bonds. The number of amides is 1. The van der Waals surface area contributed by atoms with Gasteiger partial charge in [0.05, 0.1) is 5.60 Å². The summed E-state index contributed by atoms with van der Waals surface area (Å²) in [4.78, 5) is 16.4. The lowest BCUT2D eigenvalue weighted by Crippen LogP contribution is -2.46. The van der Waals surface area contributed by atoms with Crippen molar-refractivity contribution in [1.29, 1.82) is 0 Å². The molecule has 0 saturated carbocycles. The molecule has 1 fully saturated rings. The number of ether oxygens (including phenoxy) is 1. The number of hydrogen-bond donors (Lipinski definition) is 2. The molecule has 1 aliphatic heterocycles. The molecule has 112 valence electrons. The van der Waals surface area contributed by atoms with Crippen LogP contribution in [0.15, 0.2) is 0 Å². The van der Waals surface area contributed by atoms with Crippen molar-refractivity contribution in [2.45, 2.75) is 64.5 Å². The van der Waals surface area contributed by atoms with Crippen LogP contribution in [0.1, 0.15) is 63.9 Å². The number of nitrogens with one attached hydrogen (secondary N) is 2. The highest BCUT2D eigenvalue weighted by Gasteiger charge is 2.30. The number of H-pyrrole nitrogens is 1. The smallest absolute Gasteiger partial charge is 0.291 e. The summed E-state index contributed by atoms with van der Waals surface area (Å²) in [6.07, 6.45) is 1.63. The van der Waals surface area contributed by atoms with Crippen LogP contribution >= 0.6 is 0 Å². The average molecular weight is 280 g/mol. The summed E-state index contributed by atoms with van der Waals surface area (Å²) in [5.74, 6) is 0.702. The molecule has 1 aromatic heterocycles. The topological polar surface area (TPSA) is 79.9 Å². The fourth-order valence-electron chi connectivity index (χ4n) is 2.30. The molecule has 0 radical (unpaired) electrons. The summed E-state index contributed by atoms with van der Waals surface area (Å²) in [5, 5.41) is 9.83. The molecule has 2 rings (SSSR count). The number of aromatic nitrogens is 3. The van der Waals surface area contributed by atoms with E-state index in [1.165, 1.54) is 0 Å². The summed E-state index contributed by atoms with van der Waals surface area (Å²) < 4.78 is 5.64. The highest BCUT2D eigenvalue weighted by molar-refractivity contribution is 5.90. The lowest BCUT2D eigenvalue weighted by Gasteiger charge is -2.35. The van der Waals surface area contributed by atoms with Gasteiger partial charge in [-0.05, 0) is 26.7 Å². The van der Waals surface area contributed by atoms with Crippen LogP contribution in [-0.4, -0.2) is 39.3 Å². The number of rotatable bonds is 2. The third-order valence-corrected chi connectivity index (χ3v) is 3.43. The molecule has 0 bridgehead atoms. The zero-order valence-electron chi connectivity index (χ0n) is 12.9. The zero-order chi connectivity index (χ0) is 15.0. The second-order valence-electron chi connectivity index (χ2n) is 7.03. The molecule has 6 heteroatoms. The van der Waals surface area contributed by atoms with Crippen molar-refractivity contribution in [3.63, 3.8) is 0 Å². The molecule has 6 nitrogen and oxygen atoms in total. The van der Waals surface area contributed by atoms with Gasteiger partial charge in [0.2, 0.25) is 5.82 Å². The molecule has 2 heterocycles. The van der Waals surface area contributed by atoms with Crippen molar-refractivity contribution in [1.82, 2.24) is 20.5 Å². The van der Waals surface area contributed by atoms with Crippen LogP contribution < -0.4 is 5.32 Å². The van der Waals surface area contributed by atoms with Gasteiger partial charge in [0.15, 0.2) is 0 Å². The zero-order valence-corrected chi connectivity index (χ0v) is 12.9. The fraction of sp³-hybridized carbons (Fsp3) is 0.786. The molecule has 2 N–H and O–H groups in total. The lowest BCUT2D eigenvalue weighted by atomic mass is 9.94. The quantitative estimate of drug-likeness (QED) is 0.865. The first-order chi connectivity index (χ1) is 9.17. The average Bonchev–Trinajstić information content (AvgIpc) is 2.76. The molecular weight excluding hydrogens is 256 g/mol. The summed E-state index contributed by atoms with van der Waals surface area (Å²) in [5.41, 5.74) is -0.335. The van der Waals surface area contributed by atoms with E-state index in [9.17, 15) is 4.79 Å². The van der Waals surface area contributed by atoms with E-state index in [-0.39, 0.29) is 28.8 Å². The third-order valence-electron chi connectivity index (χ3n) is 3.43. The van der Waals surface area contributed by atoms with Gasteiger partial charge in [0.25, 0.3) is 5.91 Å². The molecule has 0 spiro atoms. The molecule has 1 aromatic rings. The van der Waals surface area contributed by atoms with Crippen LogP contribution in [0.3, 0.4) is 0 Å². The van der Waals surface area contributed by atoms with Crippen LogP contribution in [0, 0.1) is 0 Å². The van der Waals surface area contributed by atoms with E-state index in [1.807, 2.05) is 34.6 Å². The molecule has 20 heavy (non-hydrogen) atoms. The standard InChI is InChI=1S/C14H24N4O2/c1-13(2,3)12-16-10(17-18-12)11(19)15-9-6-7-20-14(4,5)8-9/h9H,6-8H2,1-5H3,(H,15,19)(H,16,17,18). The van der Waals surface area contributed by atoms with Crippen LogP contribution in [0.25, 0.3) is 0 Å². The monoisotopic (exact) mass is 280 g/mol. The number of carbonyl (C=O) groups excluding carboxylic acids is 1. The first-order valence-corrected chi connectivity index (χ1v) is 7.05. The summed E-state index contributed by atoms with van der Waals surface area (Å²) in [6, 6.07) is 0.114. The van der Waals surface area contributed by atoms with E-state index in [4.69, 9.17) is 4.74 Å². The number of nitrogens with zero attached hydrogens (tertiary/aromatic N) is 2. The minimum Gasteiger partial charge on any atom is -0.375 e. The van der Waals surface area contributed by atoms with Gasteiger partial charge in [0, 0.05) is 18.1 Å². The molecule has 0 aliphatic carbocycles. The van der Waals surface area contributed by atoms with Crippen LogP contribution in [0.2, 0.25) is 0 Å². The van der Waals surface area contributed by atoms with Gasteiger partial charge < -0.3 is 10.1 Å². The Bertz CT molecular complexity index is 488. The molecular formula is C14H24N4O2. The van der Waals surface area contributed by atoms with Gasteiger partial charge in [0.1, 0.15) is 5.82 Å². The maximum Gasteiger partial charge on any atom is 0.291 e. The Morgan fingerprint density at radius 2 is 2.15 bits per heavy atom. The summed E-state index contributed by atoms with van der Waals surface area (Å²) in [7, 11) is 0. The minimum absolute atomic E-state index is 0.114. The number of hydrogen-bond acceptors (Lipinski definition) is 4. The second kappa shape index (κ2) is 5.16. The minimum atomic E-state index is -0.223. The predicted octanol–water partition coefficient (Wildman–Crippen LogP) is 1.79. The Morgan fingerprint density at radius 1 is 1.45 bits per heavy atom. The van der Waals surface area contributed by atoms with E-state index in [2.05, 4.69) is 20.5 Å². The fourth-order valence-corrected chi connectivity index (χ4v) is 2.30. The maximum atomic E-state index is 12.2. The largest absolute Gasteiger partial charge is 0.375 e. The first kappa shape index (κ1) is 15.0. The van der Waals surface area contributed by atoms with Crippen molar-refractivity contribution < 1.29 is 9.53 Å². The Kier molecular flexibility index (Phi) is 3.86. The molecule has 1 unspecified atom stereocenters. The van der Waals surface area contributed by atoms with Crippen molar-refractivity contribution in [2.24, 2.45) is 0 Å². The predicted molar refractivity (Wildman–Crippen MR) is 75.6 cm³/mol. The normalized spacial score (nSPS) is 22.6. The second-order valence-corrected chi connectivity index (χ2v) is 7.03. The highest BCUT2D eigenvalue weighted by atomic mass is 16.5. The summed E-state index contributed by atoms with van der Waals surface area (Å²) in [6.45, 7) is 10.8. The molecule has 1 saturated heterocycles. The van der Waals surface area contributed by atoms with Crippen molar-refractivity contribution in [3.8, 4) is 0 Å². The van der Waals surface area contributed by atoms with E-state index in [0.29, 0.717) is 6.61 Å². The molecule has 1 aliphatic rings. The van der Waals surface area contributed by atoms with Gasteiger partial charge in [-0.3, -0.25) is 9.89 Å². The lowest BCUT2D eigenvalue weighted by molar-refractivity contribution is -0.0615. The van der Waals surface area contributed by atoms with Crippen LogP contribution in [-0.2, 0) is 10.2 Å². The highest BCUT2D eigenvalue weighted by Crippen LogP contribution is 2.24. The molecule has 1 atom stereocenters. The van der Waals surface area contributed by atoms with Gasteiger partial charge in [-0.25, -0.2) is 4.98 Å².